The number of anilines is 1. The Morgan fingerprint density at radius 1 is 1.40 bits per heavy atom. The van der Waals surface area contributed by atoms with E-state index in [0.29, 0.717) is 0 Å². The number of hydrogen-bond donors (Lipinski definition) is 2. The second-order valence-corrected chi connectivity index (χ2v) is 5.22. The molecule has 1 aliphatic heterocycles. The number of nitrogen functional groups attached to an aromatic ring is 1. The van der Waals surface area contributed by atoms with E-state index in [0.717, 1.165) is 25.4 Å². The van der Waals surface area contributed by atoms with Crippen LogP contribution in [0.5, 0.6) is 0 Å². The van der Waals surface area contributed by atoms with Crippen LogP contribution < -0.4 is 11.1 Å². The summed E-state index contributed by atoms with van der Waals surface area (Å²) in [5, 5.41) is 3.20. The molecule has 0 saturated carbocycles. The van der Waals surface area contributed by atoms with E-state index in [1.54, 1.807) is 0 Å². The van der Waals surface area contributed by atoms with Crippen molar-refractivity contribution in [3.05, 3.63) is 30.3 Å². The van der Waals surface area contributed by atoms with Gasteiger partial charge in [-0.1, -0.05) is 34.1 Å². The van der Waals surface area contributed by atoms with Crippen molar-refractivity contribution in [1.29, 1.82) is 0 Å². The lowest BCUT2D eigenvalue weighted by Crippen LogP contribution is -2.43. The van der Waals surface area contributed by atoms with Gasteiger partial charge in [-0.25, -0.2) is 0 Å². The summed E-state index contributed by atoms with van der Waals surface area (Å²) in [6, 6.07) is 9.49. The maximum absolute atomic E-state index is 5.36. The third-order valence-electron chi connectivity index (χ3n) is 1.92. The molecule has 3 N–H and O–H groups in total. The zero-order valence-corrected chi connectivity index (χ0v) is 10.5. The minimum absolute atomic E-state index is 0.120. The van der Waals surface area contributed by atoms with Crippen molar-refractivity contribution < 1.29 is 4.74 Å². The lowest BCUT2D eigenvalue weighted by atomic mass is 10.3. The number of hydrogen-bond acceptors (Lipinski definition) is 3. The van der Waals surface area contributed by atoms with Crippen molar-refractivity contribution in [3.63, 3.8) is 0 Å². The molecule has 0 radical (unpaired) electrons. The van der Waals surface area contributed by atoms with Crippen LogP contribution in [0, 0.1) is 0 Å². The first-order valence-corrected chi connectivity index (χ1v) is 5.73. The molecule has 1 aliphatic rings. The summed E-state index contributed by atoms with van der Waals surface area (Å²) in [7, 11) is 0. The minimum Gasteiger partial charge on any atom is -0.399 e. The van der Waals surface area contributed by atoms with Gasteiger partial charge in [0.15, 0.2) is 0 Å². The van der Waals surface area contributed by atoms with Crippen LogP contribution in [-0.4, -0.2) is 24.2 Å². The standard InChI is InChI=1S/C6H7N.C5H10BrNO/c7-6-4-2-1-3-5-6;1-5(6)4-7-2-3-8-5/h1-5H,7H2;7H,2-4H2,1H3. The van der Waals surface area contributed by atoms with E-state index in [-0.39, 0.29) is 4.51 Å². The van der Waals surface area contributed by atoms with Crippen LogP contribution in [-0.2, 0) is 4.74 Å². The van der Waals surface area contributed by atoms with Gasteiger partial charge in [-0.05, 0) is 19.1 Å². The molecule has 0 aliphatic carbocycles. The predicted octanol–water partition coefficient (Wildman–Crippen LogP) is 1.99. The van der Waals surface area contributed by atoms with Gasteiger partial charge in [0.1, 0.15) is 4.51 Å². The molecular formula is C11H17BrN2O. The highest BCUT2D eigenvalue weighted by molar-refractivity contribution is 9.10. The summed E-state index contributed by atoms with van der Waals surface area (Å²) in [4.78, 5) is 0. The molecule has 1 saturated heterocycles. The highest BCUT2D eigenvalue weighted by Gasteiger charge is 2.22. The summed E-state index contributed by atoms with van der Waals surface area (Å²) >= 11 is 3.41. The molecule has 2 rings (SSSR count). The Labute approximate surface area is 99.1 Å². The highest BCUT2D eigenvalue weighted by Crippen LogP contribution is 2.18. The van der Waals surface area contributed by atoms with E-state index < -0.39 is 0 Å². The van der Waals surface area contributed by atoms with E-state index in [1.165, 1.54) is 0 Å². The van der Waals surface area contributed by atoms with Crippen LogP contribution in [0.3, 0.4) is 0 Å². The third-order valence-corrected chi connectivity index (χ3v) is 2.43. The van der Waals surface area contributed by atoms with Gasteiger partial charge in [-0.3, -0.25) is 0 Å². The average molecular weight is 273 g/mol. The minimum atomic E-state index is -0.120. The van der Waals surface area contributed by atoms with Gasteiger partial charge in [0, 0.05) is 18.8 Å². The molecule has 0 aromatic heterocycles. The lowest BCUT2D eigenvalue weighted by molar-refractivity contribution is 0.0204. The van der Waals surface area contributed by atoms with Gasteiger partial charge in [0.2, 0.25) is 0 Å². The van der Waals surface area contributed by atoms with Gasteiger partial charge in [-0.2, -0.15) is 0 Å². The van der Waals surface area contributed by atoms with E-state index in [2.05, 4.69) is 21.2 Å². The zero-order chi connectivity index (χ0) is 11.1. The van der Waals surface area contributed by atoms with Crippen molar-refractivity contribution >= 4 is 21.6 Å². The fourth-order valence-electron chi connectivity index (χ4n) is 1.15. The number of benzene rings is 1. The third kappa shape index (κ3) is 5.77. The fourth-order valence-corrected chi connectivity index (χ4v) is 1.51. The summed E-state index contributed by atoms with van der Waals surface area (Å²) in [5.74, 6) is 0. The van der Waals surface area contributed by atoms with Crippen LogP contribution >= 0.6 is 15.9 Å². The Morgan fingerprint density at radius 3 is 2.33 bits per heavy atom. The summed E-state index contributed by atoms with van der Waals surface area (Å²) in [6.07, 6.45) is 0. The number of alkyl halides is 1. The number of nitrogens with two attached hydrogens (primary N) is 1. The SMILES string of the molecule is CC1(Br)CNCCO1.Nc1ccccc1. The number of rotatable bonds is 0. The summed E-state index contributed by atoms with van der Waals surface area (Å²) in [5.41, 5.74) is 6.18. The molecule has 1 aromatic carbocycles. The van der Waals surface area contributed by atoms with Crippen molar-refractivity contribution in [2.45, 2.75) is 11.4 Å². The Hall–Kier alpha value is -0.580. The Kier molecular flexibility index (Phi) is 5.08. The molecule has 1 atom stereocenters. The first-order valence-electron chi connectivity index (χ1n) is 4.94. The quantitative estimate of drug-likeness (QED) is 0.561. The van der Waals surface area contributed by atoms with Gasteiger partial charge >= 0.3 is 0 Å². The van der Waals surface area contributed by atoms with Crippen LogP contribution in [0.25, 0.3) is 0 Å². The van der Waals surface area contributed by atoms with Crippen LogP contribution in [0.2, 0.25) is 0 Å². The maximum atomic E-state index is 5.36. The van der Waals surface area contributed by atoms with Gasteiger partial charge in [-0.15, -0.1) is 0 Å². The van der Waals surface area contributed by atoms with E-state index >= 15 is 0 Å². The normalized spacial score (nSPS) is 25.2. The average Bonchev–Trinajstić information content (AvgIpc) is 2.19. The summed E-state index contributed by atoms with van der Waals surface area (Å²) in [6.45, 7) is 4.69. The van der Waals surface area contributed by atoms with E-state index in [4.69, 9.17) is 10.5 Å². The molecule has 84 valence electrons. The molecule has 0 amide bonds. The maximum Gasteiger partial charge on any atom is 0.132 e. The number of ether oxygens (including phenoxy) is 1. The number of morpholine rings is 1. The van der Waals surface area contributed by atoms with Crippen molar-refractivity contribution in [2.24, 2.45) is 0 Å². The Morgan fingerprint density at radius 2 is 2.07 bits per heavy atom. The lowest BCUT2D eigenvalue weighted by Gasteiger charge is -2.28. The molecular weight excluding hydrogens is 256 g/mol. The molecule has 15 heavy (non-hydrogen) atoms. The summed E-state index contributed by atoms with van der Waals surface area (Å²) < 4.78 is 5.20. The molecule has 1 heterocycles. The number of para-hydroxylation sites is 1. The molecule has 4 heteroatoms. The van der Waals surface area contributed by atoms with Gasteiger partial charge < -0.3 is 15.8 Å². The molecule has 0 spiro atoms. The van der Waals surface area contributed by atoms with Crippen molar-refractivity contribution in [3.8, 4) is 0 Å². The smallest absolute Gasteiger partial charge is 0.132 e. The Balaban J connectivity index is 0.000000151. The van der Waals surface area contributed by atoms with Crippen molar-refractivity contribution in [2.75, 3.05) is 25.4 Å². The topological polar surface area (TPSA) is 47.3 Å². The second-order valence-electron chi connectivity index (χ2n) is 3.54. The van der Waals surface area contributed by atoms with E-state index in [1.807, 2.05) is 37.3 Å². The molecule has 0 bridgehead atoms. The highest BCUT2D eigenvalue weighted by atomic mass is 79.9. The zero-order valence-electron chi connectivity index (χ0n) is 8.87. The fraction of sp³-hybridized carbons (Fsp3) is 0.455. The van der Waals surface area contributed by atoms with Crippen LogP contribution in [0.15, 0.2) is 30.3 Å². The predicted molar refractivity (Wildman–Crippen MR) is 67.0 cm³/mol. The first-order chi connectivity index (χ1) is 7.10. The molecule has 1 aromatic rings. The van der Waals surface area contributed by atoms with Crippen LogP contribution in [0.4, 0.5) is 5.69 Å². The van der Waals surface area contributed by atoms with Gasteiger partial charge in [0.25, 0.3) is 0 Å². The molecule has 3 nitrogen and oxygen atoms in total. The first kappa shape index (κ1) is 12.5. The second kappa shape index (κ2) is 6.10. The monoisotopic (exact) mass is 272 g/mol. The Bertz CT molecular complexity index is 269. The number of nitrogens with one attached hydrogen (secondary N) is 1. The van der Waals surface area contributed by atoms with Crippen molar-refractivity contribution in [1.82, 2.24) is 5.32 Å². The molecule has 1 unspecified atom stereocenters. The number of halogens is 1. The largest absolute Gasteiger partial charge is 0.399 e. The molecule has 1 fully saturated rings. The van der Waals surface area contributed by atoms with E-state index in [9.17, 15) is 0 Å². The van der Waals surface area contributed by atoms with Gasteiger partial charge in [0.05, 0.1) is 6.61 Å². The van der Waals surface area contributed by atoms with Crippen LogP contribution in [0.1, 0.15) is 6.92 Å².